The Labute approximate surface area is 132 Å². The van der Waals surface area contributed by atoms with Crippen LogP contribution in [-0.4, -0.2) is 28.4 Å². The summed E-state index contributed by atoms with van der Waals surface area (Å²) < 4.78 is 5.87. The van der Waals surface area contributed by atoms with E-state index in [1.807, 2.05) is 6.92 Å². The molecule has 3 aliphatic heterocycles. The summed E-state index contributed by atoms with van der Waals surface area (Å²) in [5, 5.41) is 10.9. The van der Waals surface area contributed by atoms with Crippen molar-refractivity contribution in [3.05, 3.63) is 33.9 Å². The largest absolute Gasteiger partial charge is 0.370 e. The highest BCUT2D eigenvalue weighted by atomic mass is 16.6. The number of ether oxygens (including phenoxy) is 1. The van der Waals surface area contributed by atoms with Gasteiger partial charge in [-0.25, -0.2) is 4.90 Å². The number of nitro benzene ring substituents is 1. The van der Waals surface area contributed by atoms with Crippen molar-refractivity contribution in [1.82, 2.24) is 0 Å². The first-order valence-corrected chi connectivity index (χ1v) is 7.64. The second-order valence-electron chi connectivity index (χ2n) is 6.75. The highest BCUT2D eigenvalue weighted by molar-refractivity contribution is 6.23. The van der Waals surface area contributed by atoms with Crippen molar-refractivity contribution in [2.45, 2.75) is 38.4 Å². The average Bonchev–Trinajstić information content (AvgIpc) is 3.08. The monoisotopic (exact) mass is 316 g/mol. The Morgan fingerprint density at radius 2 is 2.09 bits per heavy atom. The lowest BCUT2D eigenvalue weighted by atomic mass is 9.74. The minimum atomic E-state index is -0.563. The molecule has 4 rings (SSSR count). The summed E-state index contributed by atoms with van der Waals surface area (Å²) in [6.45, 7) is 3.50. The highest BCUT2D eigenvalue weighted by Gasteiger charge is 2.67. The summed E-state index contributed by atoms with van der Waals surface area (Å²) in [6, 6.07) is 4.33. The molecule has 7 heteroatoms. The van der Waals surface area contributed by atoms with Gasteiger partial charge in [0.25, 0.3) is 5.69 Å². The van der Waals surface area contributed by atoms with Gasteiger partial charge >= 0.3 is 0 Å². The van der Waals surface area contributed by atoms with Gasteiger partial charge in [0.05, 0.1) is 34.2 Å². The maximum atomic E-state index is 12.8. The van der Waals surface area contributed by atoms with Crippen LogP contribution in [0.3, 0.4) is 0 Å². The number of benzene rings is 1. The Kier molecular flexibility index (Phi) is 2.73. The molecule has 120 valence electrons. The van der Waals surface area contributed by atoms with Crippen LogP contribution in [0, 0.1) is 28.9 Å². The summed E-state index contributed by atoms with van der Waals surface area (Å²) in [4.78, 5) is 37.2. The van der Waals surface area contributed by atoms with Crippen LogP contribution in [0.25, 0.3) is 0 Å². The van der Waals surface area contributed by atoms with Crippen LogP contribution in [0.1, 0.15) is 25.3 Å². The van der Waals surface area contributed by atoms with Gasteiger partial charge in [-0.15, -0.1) is 0 Å². The van der Waals surface area contributed by atoms with Crippen molar-refractivity contribution in [3.8, 4) is 0 Å². The van der Waals surface area contributed by atoms with Crippen molar-refractivity contribution in [3.63, 3.8) is 0 Å². The van der Waals surface area contributed by atoms with E-state index >= 15 is 0 Å². The molecule has 3 fully saturated rings. The van der Waals surface area contributed by atoms with Gasteiger partial charge in [0.2, 0.25) is 11.8 Å². The van der Waals surface area contributed by atoms with Crippen LogP contribution in [0.5, 0.6) is 0 Å². The first-order valence-electron chi connectivity index (χ1n) is 7.64. The summed E-state index contributed by atoms with van der Waals surface area (Å²) in [5.41, 5.74) is 0.242. The zero-order chi connectivity index (χ0) is 16.5. The molecule has 3 aliphatic rings. The fraction of sp³-hybridized carbons (Fsp3) is 0.500. The number of carbonyl (C=O) groups is 2. The molecule has 3 heterocycles. The van der Waals surface area contributed by atoms with Gasteiger partial charge in [0.15, 0.2) is 0 Å². The Hall–Kier alpha value is -2.28. The standard InChI is InChI=1S/C16H16N2O5/c1-8-7-9(3-4-10(8)18(21)22)17-14(19)12-11-5-6-16(2,23-11)13(12)15(17)20/h3-4,7,11-13H,5-6H2,1-2H3. The number of anilines is 1. The van der Waals surface area contributed by atoms with Crippen LogP contribution < -0.4 is 4.90 Å². The van der Waals surface area contributed by atoms with Crippen LogP contribution in [0.15, 0.2) is 18.2 Å². The van der Waals surface area contributed by atoms with Crippen molar-refractivity contribution < 1.29 is 19.2 Å². The van der Waals surface area contributed by atoms with E-state index in [-0.39, 0.29) is 23.6 Å². The van der Waals surface area contributed by atoms with E-state index in [9.17, 15) is 19.7 Å². The Morgan fingerprint density at radius 3 is 2.70 bits per heavy atom. The Balaban J connectivity index is 1.74. The zero-order valence-electron chi connectivity index (χ0n) is 12.8. The first-order chi connectivity index (χ1) is 10.8. The van der Waals surface area contributed by atoms with Crippen LogP contribution in [0.2, 0.25) is 0 Å². The second kappa shape index (κ2) is 4.38. The molecule has 0 saturated carbocycles. The second-order valence-corrected chi connectivity index (χ2v) is 6.75. The highest BCUT2D eigenvalue weighted by Crippen LogP contribution is 2.55. The smallest absolute Gasteiger partial charge is 0.272 e. The molecule has 1 aromatic carbocycles. The van der Waals surface area contributed by atoms with Crippen molar-refractivity contribution >= 4 is 23.2 Å². The lowest BCUT2D eigenvalue weighted by Gasteiger charge is -2.26. The number of fused-ring (bicyclic) bond motifs is 5. The molecule has 23 heavy (non-hydrogen) atoms. The summed E-state index contributed by atoms with van der Waals surface area (Å²) in [6.07, 6.45) is 1.39. The van der Waals surface area contributed by atoms with Crippen molar-refractivity contribution in [1.29, 1.82) is 0 Å². The van der Waals surface area contributed by atoms with Gasteiger partial charge in [0.1, 0.15) is 0 Å². The minimum absolute atomic E-state index is 0.0246. The summed E-state index contributed by atoms with van der Waals surface area (Å²) in [7, 11) is 0. The van der Waals surface area contributed by atoms with Crippen molar-refractivity contribution in [2.24, 2.45) is 11.8 Å². The number of nitro groups is 1. The number of rotatable bonds is 2. The number of hydrogen-bond acceptors (Lipinski definition) is 5. The third-order valence-corrected chi connectivity index (χ3v) is 5.39. The fourth-order valence-corrected chi connectivity index (χ4v) is 4.32. The van der Waals surface area contributed by atoms with E-state index in [1.54, 1.807) is 6.92 Å². The number of nitrogens with zero attached hydrogens (tertiary/aromatic N) is 2. The predicted molar refractivity (Wildman–Crippen MR) is 79.8 cm³/mol. The molecule has 0 aromatic heterocycles. The SMILES string of the molecule is Cc1cc(N2C(=O)C3C4CCC(C)(O4)C3C2=O)ccc1[N+](=O)[O-]. The molecule has 1 aromatic rings. The van der Waals surface area contributed by atoms with Crippen LogP contribution >= 0.6 is 0 Å². The molecule has 0 radical (unpaired) electrons. The topological polar surface area (TPSA) is 89.8 Å². The summed E-state index contributed by atoms with van der Waals surface area (Å²) >= 11 is 0. The van der Waals surface area contributed by atoms with Gasteiger partial charge < -0.3 is 4.74 Å². The number of carbonyl (C=O) groups excluding carboxylic acids is 2. The molecular formula is C16H16N2O5. The molecule has 2 bridgehead atoms. The third-order valence-electron chi connectivity index (χ3n) is 5.39. The molecule has 0 spiro atoms. The lowest BCUT2D eigenvalue weighted by Crippen LogP contribution is -2.39. The molecule has 4 atom stereocenters. The quantitative estimate of drug-likeness (QED) is 0.472. The molecule has 2 amide bonds. The van der Waals surface area contributed by atoms with E-state index in [2.05, 4.69) is 0 Å². The van der Waals surface area contributed by atoms with Crippen LogP contribution in [-0.2, 0) is 14.3 Å². The van der Waals surface area contributed by atoms with Crippen molar-refractivity contribution in [2.75, 3.05) is 4.90 Å². The third kappa shape index (κ3) is 1.74. The average molecular weight is 316 g/mol. The molecule has 7 nitrogen and oxygen atoms in total. The van der Waals surface area contributed by atoms with Crippen LogP contribution in [0.4, 0.5) is 11.4 Å². The molecular weight excluding hydrogens is 300 g/mol. The van der Waals surface area contributed by atoms with E-state index < -0.39 is 22.4 Å². The normalized spacial score (nSPS) is 35.0. The van der Waals surface area contributed by atoms with E-state index in [4.69, 9.17) is 4.74 Å². The molecule has 4 unspecified atom stereocenters. The lowest BCUT2D eigenvalue weighted by molar-refractivity contribution is -0.385. The maximum Gasteiger partial charge on any atom is 0.272 e. The number of hydrogen-bond donors (Lipinski definition) is 0. The molecule has 0 aliphatic carbocycles. The number of amides is 2. The predicted octanol–water partition coefficient (Wildman–Crippen LogP) is 1.96. The van der Waals surface area contributed by atoms with Gasteiger partial charge in [-0.3, -0.25) is 19.7 Å². The summed E-state index contributed by atoms with van der Waals surface area (Å²) in [5.74, 6) is -1.36. The Morgan fingerprint density at radius 1 is 1.35 bits per heavy atom. The first kappa shape index (κ1) is 14.3. The maximum absolute atomic E-state index is 12.8. The van der Waals surface area contributed by atoms with Gasteiger partial charge in [0, 0.05) is 11.6 Å². The van der Waals surface area contributed by atoms with Gasteiger partial charge in [-0.1, -0.05) is 0 Å². The van der Waals surface area contributed by atoms with E-state index in [1.165, 1.54) is 23.1 Å². The van der Waals surface area contributed by atoms with E-state index in [0.717, 1.165) is 12.8 Å². The zero-order valence-corrected chi connectivity index (χ0v) is 12.8. The number of aryl methyl sites for hydroxylation is 1. The fourth-order valence-electron chi connectivity index (χ4n) is 4.32. The van der Waals surface area contributed by atoms with Gasteiger partial charge in [-0.05, 0) is 38.8 Å². The molecule has 3 saturated heterocycles. The minimum Gasteiger partial charge on any atom is -0.370 e. The molecule has 0 N–H and O–H groups in total. The Bertz CT molecular complexity index is 761. The van der Waals surface area contributed by atoms with E-state index in [0.29, 0.717) is 11.3 Å². The van der Waals surface area contributed by atoms with Gasteiger partial charge in [-0.2, -0.15) is 0 Å². The number of imide groups is 1.